The molecule has 0 aliphatic rings. The number of sulfonamides is 1. The lowest BCUT2D eigenvalue weighted by Gasteiger charge is -2.25. The van der Waals surface area contributed by atoms with Gasteiger partial charge in [0.25, 0.3) is 0 Å². The lowest BCUT2D eigenvalue weighted by Crippen LogP contribution is -2.39. The average Bonchev–Trinajstić information content (AvgIpc) is 2.64. The molecule has 0 aromatic heterocycles. The Morgan fingerprint density at radius 3 is 1.87 bits per heavy atom. The Morgan fingerprint density at radius 1 is 0.967 bits per heavy atom. The number of aliphatic hydroxyl groups excluding tert-OH is 1. The van der Waals surface area contributed by atoms with E-state index in [4.69, 9.17) is 4.74 Å². The van der Waals surface area contributed by atoms with Crippen LogP contribution in [0.3, 0.4) is 0 Å². The van der Waals surface area contributed by atoms with Crippen LogP contribution in [0.4, 0.5) is 17.1 Å². The van der Waals surface area contributed by atoms with Gasteiger partial charge in [-0.3, -0.25) is 13.9 Å². The Kier molecular flexibility index (Phi) is 7.79. The second kappa shape index (κ2) is 10.1. The van der Waals surface area contributed by atoms with Crippen molar-refractivity contribution in [2.24, 2.45) is 0 Å². The molecule has 1 atom stereocenters. The standard InChI is InChI=1S/C20H25N3O6S/c1-14(24)21-16-4-8-18(9-5-16)23(30(3,27)28)12-19(26)13-29-20-10-6-17(7-11-20)22-15(2)25/h4-11,19,26H,12-13H2,1-3H3,(H,21,24)(H,22,25). The SMILES string of the molecule is CC(=O)Nc1ccc(OCC(O)CN(c2ccc(NC(C)=O)cc2)S(C)(=O)=O)cc1. The van der Waals surface area contributed by atoms with Crippen LogP contribution in [0.2, 0.25) is 0 Å². The van der Waals surface area contributed by atoms with Crippen LogP contribution in [0.5, 0.6) is 5.75 Å². The van der Waals surface area contributed by atoms with Crippen molar-refractivity contribution in [3.05, 3.63) is 48.5 Å². The molecular formula is C20H25N3O6S. The molecule has 162 valence electrons. The number of anilines is 3. The minimum absolute atomic E-state index is 0.129. The van der Waals surface area contributed by atoms with Gasteiger partial charge in [0.05, 0.1) is 18.5 Å². The van der Waals surface area contributed by atoms with Gasteiger partial charge >= 0.3 is 0 Å². The smallest absolute Gasteiger partial charge is 0.232 e. The summed E-state index contributed by atoms with van der Waals surface area (Å²) in [6.45, 7) is 2.44. The van der Waals surface area contributed by atoms with Gasteiger partial charge in [-0.05, 0) is 48.5 Å². The van der Waals surface area contributed by atoms with Crippen molar-refractivity contribution in [2.45, 2.75) is 20.0 Å². The van der Waals surface area contributed by atoms with E-state index in [0.29, 0.717) is 22.8 Å². The van der Waals surface area contributed by atoms with E-state index in [2.05, 4.69) is 10.6 Å². The molecule has 0 aliphatic carbocycles. The second-order valence-corrected chi connectivity index (χ2v) is 8.60. The van der Waals surface area contributed by atoms with Crippen LogP contribution in [-0.2, 0) is 19.6 Å². The summed E-state index contributed by atoms with van der Waals surface area (Å²) in [7, 11) is -3.66. The maximum atomic E-state index is 12.2. The number of aliphatic hydroxyl groups is 1. The molecule has 0 saturated carbocycles. The number of benzene rings is 2. The number of nitrogens with zero attached hydrogens (tertiary/aromatic N) is 1. The number of ether oxygens (including phenoxy) is 1. The van der Waals surface area contributed by atoms with Crippen LogP contribution < -0.4 is 19.7 Å². The Morgan fingerprint density at radius 2 is 1.43 bits per heavy atom. The van der Waals surface area contributed by atoms with E-state index in [1.807, 2.05) is 0 Å². The summed E-state index contributed by atoms with van der Waals surface area (Å²) < 4.78 is 31.0. The van der Waals surface area contributed by atoms with Crippen LogP contribution in [0, 0.1) is 0 Å². The fourth-order valence-electron chi connectivity index (χ4n) is 2.62. The first-order chi connectivity index (χ1) is 14.0. The zero-order chi connectivity index (χ0) is 22.3. The van der Waals surface area contributed by atoms with Crippen LogP contribution >= 0.6 is 0 Å². The fourth-order valence-corrected chi connectivity index (χ4v) is 3.57. The summed E-state index contributed by atoms with van der Waals surface area (Å²) in [6.07, 6.45) is -0.0481. The predicted octanol–water partition coefficient (Wildman–Crippen LogP) is 1.81. The minimum atomic E-state index is -3.66. The van der Waals surface area contributed by atoms with Crippen molar-refractivity contribution < 1.29 is 27.9 Å². The van der Waals surface area contributed by atoms with Crippen LogP contribution in [0.1, 0.15) is 13.8 Å². The molecule has 0 fully saturated rings. The summed E-state index contributed by atoms with van der Waals surface area (Å²) in [6, 6.07) is 12.8. The molecule has 0 heterocycles. The number of carbonyl (C=O) groups is 2. The largest absolute Gasteiger partial charge is 0.491 e. The van der Waals surface area contributed by atoms with Gasteiger partial charge in [-0.2, -0.15) is 0 Å². The second-order valence-electron chi connectivity index (χ2n) is 6.69. The van der Waals surface area contributed by atoms with E-state index in [9.17, 15) is 23.1 Å². The van der Waals surface area contributed by atoms with Gasteiger partial charge in [-0.25, -0.2) is 8.42 Å². The molecule has 2 amide bonds. The van der Waals surface area contributed by atoms with Gasteiger partial charge in [-0.1, -0.05) is 0 Å². The summed E-state index contributed by atoms with van der Waals surface area (Å²) >= 11 is 0. The van der Waals surface area contributed by atoms with Crippen molar-refractivity contribution in [1.29, 1.82) is 0 Å². The highest BCUT2D eigenvalue weighted by Gasteiger charge is 2.21. The summed E-state index contributed by atoms with van der Waals surface area (Å²) in [5, 5.41) is 15.5. The quantitative estimate of drug-likeness (QED) is 0.552. The molecule has 30 heavy (non-hydrogen) atoms. The molecule has 0 saturated heterocycles. The number of hydrogen-bond donors (Lipinski definition) is 3. The number of rotatable bonds is 9. The maximum absolute atomic E-state index is 12.2. The normalized spacial score (nSPS) is 12.0. The first-order valence-corrected chi connectivity index (χ1v) is 10.9. The van der Waals surface area contributed by atoms with Gasteiger partial charge in [0.1, 0.15) is 18.5 Å². The minimum Gasteiger partial charge on any atom is -0.491 e. The monoisotopic (exact) mass is 435 g/mol. The molecule has 0 bridgehead atoms. The van der Waals surface area contributed by atoms with E-state index >= 15 is 0 Å². The van der Waals surface area contributed by atoms with E-state index in [1.54, 1.807) is 48.5 Å². The molecule has 3 N–H and O–H groups in total. The summed E-state index contributed by atoms with van der Waals surface area (Å²) in [5.41, 5.74) is 1.50. The summed E-state index contributed by atoms with van der Waals surface area (Å²) in [5.74, 6) is 0.0409. The number of nitrogens with one attached hydrogen (secondary N) is 2. The Labute approximate surface area is 175 Å². The third-order valence-electron chi connectivity index (χ3n) is 3.87. The van der Waals surface area contributed by atoms with E-state index < -0.39 is 16.1 Å². The average molecular weight is 436 g/mol. The first-order valence-electron chi connectivity index (χ1n) is 9.08. The zero-order valence-electron chi connectivity index (χ0n) is 17.0. The van der Waals surface area contributed by atoms with Gasteiger partial charge in [0.15, 0.2) is 0 Å². The highest BCUT2D eigenvalue weighted by molar-refractivity contribution is 7.92. The molecule has 2 aromatic carbocycles. The van der Waals surface area contributed by atoms with Crippen molar-refractivity contribution in [3.8, 4) is 5.75 Å². The van der Waals surface area contributed by atoms with Crippen molar-refractivity contribution in [3.63, 3.8) is 0 Å². The highest BCUT2D eigenvalue weighted by Crippen LogP contribution is 2.21. The summed E-state index contributed by atoms with van der Waals surface area (Å²) in [4.78, 5) is 22.1. The molecule has 0 radical (unpaired) electrons. The van der Waals surface area contributed by atoms with Crippen LogP contribution in [0.25, 0.3) is 0 Å². The highest BCUT2D eigenvalue weighted by atomic mass is 32.2. The topological polar surface area (TPSA) is 125 Å². The zero-order valence-corrected chi connectivity index (χ0v) is 17.8. The molecule has 0 aliphatic heterocycles. The molecule has 10 heteroatoms. The van der Waals surface area contributed by atoms with Gasteiger partial charge in [0, 0.05) is 25.2 Å². The molecule has 2 rings (SSSR count). The van der Waals surface area contributed by atoms with Gasteiger partial charge < -0.3 is 20.5 Å². The van der Waals surface area contributed by atoms with Crippen molar-refractivity contribution in [2.75, 3.05) is 34.3 Å². The van der Waals surface area contributed by atoms with E-state index in [1.165, 1.54) is 13.8 Å². The van der Waals surface area contributed by atoms with E-state index in [0.717, 1.165) is 10.6 Å². The molecule has 2 aromatic rings. The third-order valence-corrected chi connectivity index (χ3v) is 5.03. The van der Waals surface area contributed by atoms with Gasteiger partial charge in [0.2, 0.25) is 21.8 Å². The van der Waals surface area contributed by atoms with Crippen LogP contribution in [0.15, 0.2) is 48.5 Å². The first kappa shape index (κ1) is 23.2. The van der Waals surface area contributed by atoms with Gasteiger partial charge in [-0.15, -0.1) is 0 Å². The van der Waals surface area contributed by atoms with Crippen LogP contribution in [-0.4, -0.2) is 50.9 Å². The Balaban J connectivity index is 2.01. The lowest BCUT2D eigenvalue weighted by atomic mass is 10.2. The van der Waals surface area contributed by atoms with E-state index in [-0.39, 0.29) is 25.0 Å². The van der Waals surface area contributed by atoms with Crippen molar-refractivity contribution >= 4 is 38.9 Å². The fraction of sp³-hybridized carbons (Fsp3) is 0.300. The Bertz CT molecular complexity index is 975. The number of carbonyl (C=O) groups excluding carboxylic acids is 2. The lowest BCUT2D eigenvalue weighted by molar-refractivity contribution is -0.115. The number of amides is 2. The molecule has 1 unspecified atom stereocenters. The number of hydrogen-bond acceptors (Lipinski definition) is 6. The molecular weight excluding hydrogens is 410 g/mol. The maximum Gasteiger partial charge on any atom is 0.232 e. The Hall–Kier alpha value is -3.11. The third kappa shape index (κ3) is 7.37. The molecule has 0 spiro atoms. The predicted molar refractivity (Wildman–Crippen MR) is 115 cm³/mol. The molecule has 9 nitrogen and oxygen atoms in total. The van der Waals surface area contributed by atoms with Crippen molar-refractivity contribution in [1.82, 2.24) is 0 Å².